The first-order valence-corrected chi connectivity index (χ1v) is 9.79. The van der Waals surface area contributed by atoms with Gasteiger partial charge in [0.15, 0.2) is 0 Å². The Kier molecular flexibility index (Phi) is 8.13. The lowest BCUT2D eigenvalue weighted by atomic mass is 9.79. The van der Waals surface area contributed by atoms with E-state index in [1.165, 1.54) is 32.1 Å². The molecule has 2 aromatic rings. The summed E-state index contributed by atoms with van der Waals surface area (Å²) >= 11 is 0. The minimum absolute atomic E-state index is 0. The van der Waals surface area contributed by atoms with Gasteiger partial charge in [0.1, 0.15) is 5.82 Å². The third-order valence-corrected chi connectivity index (χ3v) is 6.07. The molecule has 1 aromatic heterocycles. The number of benzene rings is 1. The second-order valence-electron chi connectivity index (χ2n) is 7.74. The van der Waals surface area contributed by atoms with Crippen LogP contribution < -0.4 is 11.1 Å². The summed E-state index contributed by atoms with van der Waals surface area (Å²) in [5, 5.41) is 3.06. The number of H-pyrrole nitrogens is 1. The van der Waals surface area contributed by atoms with Crippen molar-refractivity contribution < 1.29 is 9.53 Å². The van der Waals surface area contributed by atoms with Gasteiger partial charge in [0, 0.05) is 31.4 Å². The predicted octanol–water partition coefficient (Wildman–Crippen LogP) is 4.15. The number of fused-ring (bicyclic) bond motifs is 1. The summed E-state index contributed by atoms with van der Waals surface area (Å²) < 4.78 is 5.40. The van der Waals surface area contributed by atoms with E-state index in [-0.39, 0.29) is 30.7 Å². The van der Waals surface area contributed by atoms with Gasteiger partial charge in [0.05, 0.1) is 16.4 Å². The summed E-state index contributed by atoms with van der Waals surface area (Å²) in [5.74, 6) is 1.62. The topological polar surface area (TPSA) is 93.0 Å². The van der Waals surface area contributed by atoms with Crippen LogP contribution in [0.2, 0.25) is 0 Å². The van der Waals surface area contributed by atoms with Gasteiger partial charge in [0.25, 0.3) is 0 Å². The number of amides is 1. The van der Waals surface area contributed by atoms with Crippen molar-refractivity contribution in [2.24, 2.45) is 11.1 Å². The van der Waals surface area contributed by atoms with Crippen molar-refractivity contribution >= 4 is 47.4 Å². The number of carbonyl (C=O) groups excluding carboxylic acids is 1. The lowest BCUT2D eigenvalue weighted by Crippen LogP contribution is -2.46. The average molecular weight is 429 g/mol. The first-order valence-electron chi connectivity index (χ1n) is 9.79. The van der Waals surface area contributed by atoms with Crippen LogP contribution in [0, 0.1) is 5.41 Å². The minimum atomic E-state index is -0.519. The molecular formula is C20H30Cl2N4O2. The van der Waals surface area contributed by atoms with Crippen molar-refractivity contribution in [3.8, 4) is 0 Å². The van der Waals surface area contributed by atoms with Crippen LogP contribution in [0.25, 0.3) is 11.0 Å². The second kappa shape index (κ2) is 9.92. The molecule has 8 heteroatoms. The van der Waals surface area contributed by atoms with E-state index in [1.807, 2.05) is 18.2 Å². The summed E-state index contributed by atoms with van der Waals surface area (Å²) in [5.41, 5.74) is 8.15. The zero-order valence-corrected chi connectivity index (χ0v) is 17.7. The minimum Gasteiger partial charge on any atom is -0.381 e. The van der Waals surface area contributed by atoms with Gasteiger partial charge in [0.2, 0.25) is 5.91 Å². The number of hydrogen-bond acceptors (Lipinski definition) is 4. The maximum Gasteiger partial charge on any atom is 0.232 e. The third kappa shape index (κ3) is 4.62. The first kappa shape index (κ1) is 22.9. The number of aromatic amines is 1. The van der Waals surface area contributed by atoms with Gasteiger partial charge in [-0.2, -0.15) is 0 Å². The van der Waals surface area contributed by atoms with Crippen LogP contribution in [0.3, 0.4) is 0 Å². The number of halogens is 2. The van der Waals surface area contributed by atoms with Crippen molar-refractivity contribution in [3.05, 3.63) is 24.0 Å². The van der Waals surface area contributed by atoms with Gasteiger partial charge in [-0.1, -0.05) is 19.3 Å². The van der Waals surface area contributed by atoms with Gasteiger partial charge in [-0.05, 0) is 43.9 Å². The monoisotopic (exact) mass is 428 g/mol. The van der Waals surface area contributed by atoms with E-state index in [0.717, 1.165) is 22.5 Å². The molecule has 2 aliphatic rings. The summed E-state index contributed by atoms with van der Waals surface area (Å²) in [6.07, 6.45) is 7.68. The van der Waals surface area contributed by atoms with Gasteiger partial charge in [-0.25, -0.2) is 4.98 Å². The Morgan fingerprint density at radius 3 is 2.61 bits per heavy atom. The lowest BCUT2D eigenvalue weighted by molar-refractivity contribution is -0.130. The highest BCUT2D eigenvalue weighted by Crippen LogP contribution is 2.33. The van der Waals surface area contributed by atoms with Gasteiger partial charge in [-0.3, -0.25) is 4.79 Å². The second-order valence-corrected chi connectivity index (χ2v) is 7.74. The molecule has 28 heavy (non-hydrogen) atoms. The smallest absolute Gasteiger partial charge is 0.232 e. The summed E-state index contributed by atoms with van der Waals surface area (Å²) in [6, 6.07) is 5.89. The van der Waals surface area contributed by atoms with E-state index in [0.29, 0.717) is 38.5 Å². The molecule has 0 radical (unpaired) electrons. The standard InChI is InChI=1S/C20H28N4O2.2ClH/c21-13-20(8-10-26-11-9-20)19(25)22-15-6-7-16-17(12-15)24-18(23-16)14-4-2-1-3-5-14;;/h6-7,12,14H,1-5,8-11,13,21H2,(H,22,25)(H,23,24);2*1H. The van der Waals surface area contributed by atoms with Crippen LogP contribution in [0.4, 0.5) is 5.69 Å². The molecule has 4 N–H and O–H groups in total. The van der Waals surface area contributed by atoms with Crippen LogP contribution in [0.5, 0.6) is 0 Å². The molecule has 0 bridgehead atoms. The number of imidazole rings is 1. The van der Waals surface area contributed by atoms with E-state index >= 15 is 0 Å². The molecule has 1 saturated carbocycles. The van der Waals surface area contributed by atoms with Crippen LogP contribution in [0.15, 0.2) is 18.2 Å². The molecule has 1 saturated heterocycles. The molecule has 1 aliphatic carbocycles. The molecule has 156 valence electrons. The van der Waals surface area contributed by atoms with E-state index in [4.69, 9.17) is 15.5 Å². The number of nitrogens with zero attached hydrogens (tertiary/aromatic N) is 1. The van der Waals surface area contributed by atoms with Crippen LogP contribution >= 0.6 is 24.8 Å². The highest BCUT2D eigenvalue weighted by molar-refractivity contribution is 5.97. The molecule has 0 atom stereocenters. The summed E-state index contributed by atoms with van der Waals surface area (Å²) in [6.45, 7) is 1.53. The fourth-order valence-electron chi connectivity index (χ4n) is 4.23. The van der Waals surface area contributed by atoms with Crippen molar-refractivity contribution in [1.29, 1.82) is 0 Å². The first-order chi connectivity index (χ1) is 12.7. The molecule has 0 unspecified atom stereocenters. The van der Waals surface area contributed by atoms with Crippen LogP contribution in [0.1, 0.15) is 56.7 Å². The molecule has 1 aliphatic heterocycles. The van der Waals surface area contributed by atoms with Crippen molar-refractivity contribution in [2.45, 2.75) is 50.9 Å². The molecule has 2 fully saturated rings. The summed E-state index contributed by atoms with van der Waals surface area (Å²) in [7, 11) is 0. The highest BCUT2D eigenvalue weighted by Gasteiger charge is 2.38. The molecule has 2 heterocycles. The van der Waals surface area contributed by atoms with E-state index in [2.05, 4.69) is 10.3 Å². The molecule has 1 amide bonds. The zero-order valence-electron chi connectivity index (χ0n) is 16.0. The number of carbonyl (C=O) groups is 1. The zero-order chi connectivity index (χ0) is 18.0. The van der Waals surface area contributed by atoms with Gasteiger partial charge >= 0.3 is 0 Å². The maximum absolute atomic E-state index is 12.8. The van der Waals surface area contributed by atoms with Gasteiger partial charge < -0.3 is 20.8 Å². The normalized spacial score (nSPS) is 19.5. The Bertz CT molecular complexity index is 784. The van der Waals surface area contributed by atoms with E-state index in [1.54, 1.807) is 0 Å². The number of aromatic nitrogens is 2. The van der Waals surface area contributed by atoms with E-state index < -0.39 is 5.41 Å². The predicted molar refractivity (Wildman–Crippen MR) is 117 cm³/mol. The number of ether oxygens (including phenoxy) is 1. The number of nitrogens with one attached hydrogen (secondary N) is 2. The Hall–Kier alpha value is -1.34. The number of hydrogen-bond donors (Lipinski definition) is 3. The number of rotatable bonds is 4. The third-order valence-electron chi connectivity index (χ3n) is 6.07. The number of anilines is 1. The quantitative estimate of drug-likeness (QED) is 0.681. The SMILES string of the molecule is Cl.Cl.NCC1(C(=O)Nc2ccc3nc(C4CCCCC4)[nH]c3c2)CCOCC1. The molecular weight excluding hydrogens is 399 g/mol. The Balaban J connectivity index is 0.00000140. The molecule has 0 spiro atoms. The maximum atomic E-state index is 12.8. The fourth-order valence-corrected chi connectivity index (χ4v) is 4.23. The van der Waals surface area contributed by atoms with Crippen LogP contribution in [-0.4, -0.2) is 35.6 Å². The fraction of sp³-hybridized carbons (Fsp3) is 0.600. The Morgan fingerprint density at radius 2 is 1.93 bits per heavy atom. The average Bonchev–Trinajstić information content (AvgIpc) is 3.12. The van der Waals surface area contributed by atoms with Crippen LogP contribution in [-0.2, 0) is 9.53 Å². The largest absolute Gasteiger partial charge is 0.381 e. The molecule has 6 nitrogen and oxygen atoms in total. The van der Waals surface area contributed by atoms with Crippen molar-refractivity contribution in [1.82, 2.24) is 9.97 Å². The lowest BCUT2D eigenvalue weighted by Gasteiger charge is -2.34. The van der Waals surface area contributed by atoms with Crippen molar-refractivity contribution in [2.75, 3.05) is 25.1 Å². The Morgan fingerprint density at radius 1 is 1.21 bits per heavy atom. The highest BCUT2D eigenvalue weighted by atomic mass is 35.5. The van der Waals surface area contributed by atoms with Crippen molar-refractivity contribution in [3.63, 3.8) is 0 Å². The van der Waals surface area contributed by atoms with E-state index in [9.17, 15) is 4.79 Å². The Labute approximate surface area is 178 Å². The van der Waals surface area contributed by atoms with Gasteiger partial charge in [-0.15, -0.1) is 24.8 Å². The number of nitrogens with two attached hydrogens (primary N) is 1. The molecule has 1 aromatic carbocycles. The summed E-state index contributed by atoms with van der Waals surface area (Å²) in [4.78, 5) is 21.1. The molecule has 4 rings (SSSR count).